The van der Waals surface area contributed by atoms with Crippen molar-refractivity contribution in [3.63, 3.8) is 0 Å². The molecule has 1 amide bonds. The summed E-state index contributed by atoms with van der Waals surface area (Å²) in [5.74, 6) is -0.0395. The number of hydrogen-bond donors (Lipinski definition) is 1. The topological polar surface area (TPSA) is 64.0 Å². The Labute approximate surface area is 170 Å². The molecule has 4 aromatic rings. The number of nitrogens with one attached hydrogen (secondary N) is 1. The zero-order chi connectivity index (χ0) is 19.7. The number of carbonyl (C=O) groups is 1. The van der Waals surface area contributed by atoms with Gasteiger partial charge in [0.25, 0.3) is 5.56 Å². The maximum Gasteiger partial charge on any atom is 0.261 e. The fourth-order valence-corrected chi connectivity index (χ4v) is 3.82. The van der Waals surface area contributed by atoms with E-state index < -0.39 is 0 Å². The van der Waals surface area contributed by atoms with Gasteiger partial charge in [-0.2, -0.15) is 0 Å². The van der Waals surface area contributed by atoms with E-state index in [-0.39, 0.29) is 17.2 Å². The van der Waals surface area contributed by atoms with E-state index in [2.05, 4.69) is 10.3 Å². The highest BCUT2D eigenvalue weighted by Gasteiger charge is 2.12. The van der Waals surface area contributed by atoms with Gasteiger partial charge in [-0.05, 0) is 47.2 Å². The predicted octanol–water partition coefficient (Wildman–Crippen LogP) is 4.47. The van der Waals surface area contributed by atoms with Gasteiger partial charge in [-0.1, -0.05) is 47.6 Å². The van der Waals surface area contributed by atoms with Crippen LogP contribution in [0, 0.1) is 0 Å². The monoisotopic (exact) mass is 409 g/mol. The van der Waals surface area contributed by atoms with Crippen LogP contribution in [0.5, 0.6) is 0 Å². The van der Waals surface area contributed by atoms with Crippen LogP contribution in [-0.2, 0) is 11.8 Å². The fourth-order valence-electron chi connectivity index (χ4n) is 2.93. The number of nitrogens with zero attached hydrogens (tertiary/aromatic N) is 2. The van der Waals surface area contributed by atoms with E-state index in [1.165, 1.54) is 16.3 Å². The smallest absolute Gasteiger partial charge is 0.261 e. The average molecular weight is 410 g/mol. The first-order valence-corrected chi connectivity index (χ1v) is 9.95. The van der Waals surface area contributed by atoms with Crippen molar-refractivity contribution in [1.29, 1.82) is 0 Å². The molecule has 0 atom stereocenters. The van der Waals surface area contributed by atoms with E-state index in [1.807, 2.05) is 36.4 Å². The van der Waals surface area contributed by atoms with Gasteiger partial charge in [0.2, 0.25) is 5.91 Å². The van der Waals surface area contributed by atoms with Gasteiger partial charge in [0.05, 0.1) is 16.7 Å². The molecule has 0 aliphatic heterocycles. The maximum atomic E-state index is 12.8. The number of benzene rings is 3. The second-order valence-electron chi connectivity index (χ2n) is 6.32. The molecule has 0 saturated heterocycles. The number of aromatic nitrogens is 2. The number of thioether (sulfide) groups is 1. The van der Waals surface area contributed by atoms with Gasteiger partial charge in [-0.3, -0.25) is 14.2 Å². The Morgan fingerprint density at radius 1 is 1.11 bits per heavy atom. The van der Waals surface area contributed by atoms with Crippen molar-refractivity contribution in [3.8, 4) is 0 Å². The normalized spacial score (nSPS) is 11.1. The van der Waals surface area contributed by atoms with Gasteiger partial charge in [-0.25, -0.2) is 4.98 Å². The predicted molar refractivity (Wildman–Crippen MR) is 115 cm³/mol. The SMILES string of the molecule is Cn1c(SCC(=O)Nc2ccc(Cl)cc2)nc2cc3ccccc3cc2c1=O. The second-order valence-corrected chi connectivity index (χ2v) is 7.70. The van der Waals surface area contributed by atoms with E-state index in [1.54, 1.807) is 31.3 Å². The molecule has 4 rings (SSSR count). The number of rotatable bonds is 4. The molecule has 0 aliphatic rings. The molecule has 0 spiro atoms. The molecule has 0 saturated carbocycles. The van der Waals surface area contributed by atoms with Crippen LogP contribution in [0.25, 0.3) is 21.7 Å². The van der Waals surface area contributed by atoms with Crippen molar-refractivity contribution in [2.24, 2.45) is 7.05 Å². The van der Waals surface area contributed by atoms with Gasteiger partial charge in [0.1, 0.15) is 0 Å². The summed E-state index contributed by atoms with van der Waals surface area (Å²) in [6, 6.07) is 18.5. The molecule has 0 radical (unpaired) electrons. The van der Waals surface area contributed by atoms with E-state index in [4.69, 9.17) is 11.6 Å². The maximum absolute atomic E-state index is 12.8. The molecule has 1 N–H and O–H groups in total. The molecule has 0 aliphatic carbocycles. The first kappa shape index (κ1) is 18.5. The van der Waals surface area contributed by atoms with Crippen LogP contribution in [0.4, 0.5) is 5.69 Å². The fraction of sp³-hybridized carbons (Fsp3) is 0.0952. The summed E-state index contributed by atoms with van der Waals surface area (Å²) < 4.78 is 1.48. The van der Waals surface area contributed by atoms with Crippen LogP contribution in [0.2, 0.25) is 5.02 Å². The van der Waals surface area contributed by atoms with Crippen molar-refractivity contribution in [3.05, 3.63) is 76.0 Å². The summed E-state index contributed by atoms with van der Waals surface area (Å²) in [4.78, 5) is 29.6. The quantitative estimate of drug-likeness (QED) is 0.307. The zero-order valence-corrected chi connectivity index (χ0v) is 16.6. The van der Waals surface area contributed by atoms with E-state index in [9.17, 15) is 9.59 Å². The molecule has 0 fully saturated rings. The minimum atomic E-state index is -0.180. The lowest BCUT2D eigenvalue weighted by molar-refractivity contribution is -0.113. The van der Waals surface area contributed by atoms with Crippen LogP contribution in [0.3, 0.4) is 0 Å². The Kier molecular flexibility index (Phi) is 5.07. The second kappa shape index (κ2) is 7.66. The first-order chi connectivity index (χ1) is 13.5. The van der Waals surface area contributed by atoms with Crippen molar-refractivity contribution < 1.29 is 4.79 Å². The lowest BCUT2D eigenvalue weighted by atomic mass is 10.1. The van der Waals surface area contributed by atoms with E-state index in [0.717, 1.165) is 10.8 Å². The number of hydrogen-bond acceptors (Lipinski definition) is 4. The standard InChI is InChI=1S/C21H16ClN3O2S/c1-25-20(27)17-10-13-4-2-3-5-14(13)11-18(17)24-21(25)28-12-19(26)23-16-8-6-15(22)7-9-16/h2-11H,12H2,1H3,(H,23,26). The third-order valence-corrected chi connectivity index (χ3v) is 5.64. The number of fused-ring (bicyclic) bond motifs is 2. The Morgan fingerprint density at radius 2 is 1.79 bits per heavy atom. The Hall–Kier alpha value is -2.83. The van der Waals surface area contributed by atoms with Gasteiger partial charge in [-0.15, -0.1) is 0 Å². The Balaban J connectivity index is 1.58. The molecule has 1 aromatic heterocycles. The molecule has 140 valence electrons. The Bertz CT molecular complexity index is 1250. The number of halogens is 1. The summed E-state index contributed by atoms with van der Waals surface area (Å²) in [6.45, 7) is 0. The highest BCUT2D eigenvalue weighted by atomic mass is 35.5. The van der Waals surface area contributed by atoms with Crippen molar-refractivity contribution in [2.45, 2.75) is 5.16 Å². The van der Waals surface area contributed by atoms with Crippen LogP contribution >= 0.6 is 23.4 Å². The van der Waals surface area contributed by atoms with Gasteiger partial charge in [0, 0.05) is 17.8 Å². The van der Waals surface area contributed by atoms with Gasteiger partial charge < -0.3 is 5.32 Å². The van der Waals surface area contributed by atoms with Crippen LogP contribution in [-0.4, -0.2) is 21.2 Å². The third kappa shape index (κ3) is 3.74. The third-order valence-electron chi connectivity index (χ3n) is 4.36. The van der Waals surface area contributed by atoms with E-state index in [0.29, 0.717) is 26.8 Å². The van der Waals surface area contributed by atoms with Crippen LogP contribution in [0.1, 0.15) is 0 Å². The molecular formula is C21H16ClN3O2S. The molecule has 3 aromatic carbocycles. The lowest BCUT2D eigenvalue weighted by Gasteiger charge is -2.10. The molecular weight excluding hydrogens is 394 g/mol. The summed E-state index contributed by atoms with van der Waals surface area (Å²) in [5.41, 5.74) is 1.17. The van der Waals surface area contributed by atoms with Crippen LogP contribution in [0.15, 0.2) is 70.6 Å². The summed E-state index contributed by atoms with van der Waals surface area (Å²) in [5, 5.41) is 6.49. The molecule has 1 heterocycles. The van der Waals surface area contributed by atoms with Crippen molar-refractivity contribution in [1.82, 2.24) is 9.55 Å². The highest BCUT2D eigenvalue weighted by molar-refractivity contribution is 7.99. The first-order valence-electron chi connectivity index (χ1n) is 8.59. The molecule has 0 unspecified atom stereocenters. The van der Waals surface area contributed by atoms with E-state index >= 15 is 0 Å². The van der Waals surface area contributed by atoms with Gasteiger partial charge >= 0.3 is 0 Å². The average Bonchev–Trinajstić information content (AvgIpc) is 2.70. The zero-order valence-electron chi connectivity index (χ0n) is 15.0. The van der Waals surface area contributed by atoms with Crippen LogP contribution < -0.4 is 10.9 Å². The largest absolute Gasteiger partial charge is 0.325 e. The van der Waals surface area contributed by atoms with Crippen molar-refractivity contribution in [2.75, 3.05) is 11.1 Å². The molecule has 7 heteroatoms. The lowest BCUT2D eigenvalue weighted by Crippen LogP contribution is -2.21. The van der Waals surface area contributed by atoms with Gasteiger partial charge in [0.15, 0.2) is 5.16 Å². The van der Waals surface area contributed by atoms with Crippen molar-refractivity contribution >= 4 is 56.6 Å². The minimum absolute atomic E-state index is 0.128. The summed E-state index contributed by atoms with van der Waals surface area (Å²) >= 11 is 7.07. The molecule has 5 nitrogen and oxygen atoms in total. The number of amides is 1. The summed E-state index contributed by atoms with van der Waals surface area (Å²) in [6.07, 6.45) is 0. The molecule has 28 heavy (non-hydrogen) atoms. The highest BCUT2D eigenvalue weighted by Crippen LogP contribution is 2.22. The number of carbonyl (C=O) groups excluding carboxylic acids is 1. The number of anilines is 1. The minimum Gasteiger partial charge on any atom is -0.325 e. The summed E-state index contributed by atoms with van der Waals surface area (Å²) in [7, 11) is 1.67. The molecule has 0 bridgehead atoms. The Morgan fingerprint density at radius 3 is 2.50 bits per heavy atom.